The highest BCUT2D eigenvalue weighted by Gasteiger charge is 2.11. The monoisotopic (exact) mass is 388 g/mol. The molecular formula is C22H20N4O3. The summed E-state index contributed by atoms with van der Waals surface area (Å²) in [4.78, 5) is 12.4. The molecular weight excluding hydrogens is 368 g/mol. The molecule has 7 heteroatoms. The van der Waals surface area contributed by atoms with Crippen LogP contribution in [0.25, 0.3) is 5.69 Å². The summed E-state index contributed by atoms with van der Waals surface area (Å²) in [5, 5.41) is 10.8. The Morgan fingerprint density at radius 1 is 1.00 bits per heavy atom. The smallest absolute Gasteiger partial charge is 0.273 e. The van der Waals surface area contributed by atoms with Crippen LogP contribution in [0.2, 0.25) is 0 Å². The second-order valence-electron chi connectivity index (χ2n) is 6.46. The van der Waals surface area contributed by atoms with E-state index in [9.17, 15) is 4.79 Å². The second kappa shape index (κ2) is 8.99. The molecule has 4 rings (SSSR count). The van der Waals surface area contributed by atoms with Crippen molar-refractivity contribution < 1.29 is 13.9 Å². The van der Waals surface area contributed by atoms with E-state index in [0.29, 0.717) is 19.8 Å². The zero-order valence-electron chi connectivity index (χ0n) is 15.7. The molecule has 0 bridgehead atoms. The molecule has 146 valence electrons. The summed E-state index contributed by atoms with van der Waals surface area (Å²) >= 11 is 0. The minimum atomic E-state index is -0.272. The number of carbonyl (C=O) groups excluding carboxylic acids is 1. The van der Waals surface area contributed by atoms with Crippen LogP contribution in [-0.2, 0) is 24.5 Å². The van der Waals surface area contributed by atoms with Gasteiger partial charge in [0.1, 0.15) is 12.4 Å². The molecule has 0 aliphatic carbocycles. The fourth-order valence-corrected chi connectivity index (χ4v) is 2.84. The lowest BCUT2D eigenvalue weighted by Gasteiger charge is -2.07. The topological polar surface area (TPSA) is 82.2 Å². The lowest BCUT2D eigenvalue weighted by Crippen LogP contribution is -2.23. The Morgan fingerprint density at radius 2 is 1.86 bits per heavy atom. The van der Waals surface area contributed by atoms with E-state index in [0.717, 1.165) is 22.6 Å². The normalized spacial score (nSPS) is 10.8. The lowest BCUT2D eigenvalue weighted by atomic mass is 10.1. The number of para-hydroxylation sites is 1. The van der Waals surface area contributed by atoms with Crippen molar-refractivity contribution >= 4 is 5.91 Å². The summed E-state index contributed by atoms with van der Waals surface area (Å²) in [6.07, 6.45) is 3.24. The van der Waals surface area contributed by atoms with E-state index in [1.165, 1.54) is 0 Å². The molecule has 0 aliphatic rings. The number of hydrogen-bond acceptors (Lipinski definition) is 5. The van der Waals surface area contributed by atoms with Gasteiger partial charge >= 0.3 is 0 Å². The molecule has 0 saturated heterocycles. The highest BCUT2D eigenvalue weighted by Crippen LogP contribution is 2.10. The summed E-state index contributed by atoms with van der Waals surface area (Å²) in [6, 6.07) is 21.1. The first-order valence-electron chi connectivity index (χ1n) is 9.22. The minimum absolute atomic E-state index is 0.270. The minimum Gasteiger partial charge on any atom is -0.467 e. The number of furan rings is 1. The fraction of sp³-hybridized carbons (Fsp3) is 0.136. The van der Waals surface area contributed by atoms with Crippen molar-refractivity contribution in [3.05, 3.63) is 102 Å². The number of carbonyl (C=O) groups is 1. The molecule has 0 unspecified atom stereocenters. The Balaban J connectivity index is 1.30. The van der Waals surface area contributed by atoms with Gasteiger partial charge in [0.05, 0.1) is 24.8 Å². The van der Waals surface area contributed by atoms with Gasteiger partial charge in [-0.3, -0.25) is 4.79 Å². The van der Waals surface area contributed by atoms with E-state index in [-0.39, 0.29) is 11.6 Å². The van der Waals surface area contributed by atoms with Crippen molar-refractivity contribution in [2.45, 2.75) is 19.8 Å². The molecule has 1 N–H and O–H groups in total. The van der Waals surface area contributed by atoms with Crippen molar-refractivity contribution in [1.82, 2.24) is 20.3 Å². The third kappa shape index (κ3) is 4.97. The van der Waals surface area contributed by atoms with E-state index in [2.05, 4.69) is 15.6 Å². The van der Waals surface area contributed by atoms with Gasteiger partial charge in [-0.1, -0.05) is 47.7 Å². The Morgan fingerprint density at radius 3 is 2.69 bits per heavy atom. The number of rotatable bonds is 8. The number of nitrogens with one attached hydrogen (secondary N) is 1. The summed E-state index contributed by atoms with van der Waals surface area (Å²) in [7, 11) is 0. The molecule has 2 heterocycles. The SMILES string of the molecule is O=C(NCc1cccc(COCc2ccco2)c1)c1cn(-c2ccccc2)nn1. The first-order valence-corrected chi connectivity index (χ1v) is 9.22. The number of aromatic nitrogens is 3. The molecule has 0 saturated carbocycles. The fourth-order valence-electron chi connectivity index (χ4n) is 2.84. The van der Waals surface area contributed by atoms with E-state index in [1.54, 1.807) is 17.1 Å². The molecule has 0 aliphatic heterocycles. The largest absolute Gasteiger partial charge is 0.467 e. The van der Waals surface area contributed by atoms with Gasteiger partial charge in [-0.15, -0.1) is 5.10 Å². The Labute approximate surface area is 167 Å². The summed E-state index contributed by atoms with van der Waals surface area (Å²) < 4.78 is 12.5. The molecule has 29 heavy (non-hydrogen) atoms. The zero-order valence-corrected chi connectivity index (χ0v) is 15.7. The van der Waals surface area contributed by atoms with Crippen LogP contribution in [0, 0.1) is 0 Å². The highest BCUT2D eigenvalue weighted by molar-refractivity contribution is 5.91. The molecule has 0 radical (unpaired) electrons. The average Bonchev–Trinajstić information content (AvgIpc) is 3.45. The summed E-state index contributed by atoms with van der Waals surface area (Å²) in [6.45, 7) is 1.28. The molecule has 0 spiro atoms. The van der Waals surface area contributed by atoms with Gasteiger partial charge in [-0.25, -0.2) is 4.68 Å². The lowest BCUT2D eigenvalue weighted by molar-refractivity contribution is 0.0928. The third-order valence-electron chi connectivity index (χ3n) is 4.28. The molecule has 0 fully saturated rings. The molecule has 4 aromatic rings. The van der Waals surface area contributed by atoms with Crippen molar-refractivity contribution in [2.75, 3.05) is 0 Å². The second-order valence-corrected chi connectivity index (χ2v) is 6.46. The average molecular weight is 388 g/mol. The van der Waals surface area contributed by atoms with Crippen LogP contribution in [0.5, 0.6) is 0 Å². The van der Waals surface area contributed by atoms with Gasteiger partial charge in [0, 0.05) is 6.54 Å². The van der Waals surface area contributed by atoms with Gasteiger partial charge in [-0.05, 0) is 35.4 Å². The van der Waals surface area contributed by atoms with Crippen LogP contribution in [-0.4, -0.2) is 20.9 Å². The maximum atomic E-state index is 12.4. The van der Waals surface area contributed by atoms with Crippen LogP contribution in [0.1, 0.15) is 27.4 Å². The van der Waals surface area contributed by atoms with Crippen molar-refractivity contribution in [2.24, 2.45) is 0 Å². The van der Waals surface area contributed by atoms with Crippen LogP contribution in [0.4, 0.5) is 0 Å². The third-order valence-corrected chi connectivity index (χ3v) is 4.28. The van der Waals surface area contributed by atoms with Gasteiger partial charge < -0.3 is 14.5 Å². The van der Waals surface area contributed by atoms with Crippen molar-refractivity contribution in [3.63, 3.8) is 0 Å². The first kappa shape index (κ1) is 18.6. The van der Waals surface area contributed by atoms with E-state index >= 15 is 0 Å². The Hall–Kier alpha value is -3.71. The van der Waals surface area contributed by atoms with E-state index in [1.807, 2.05) is 66.7 Å². The maximum Gasteiger partial charge on any atom is 0.273 e. The van der Waals surface area contributed by atoms with Gasteiger partial charge in [0.2, 0.25) is 0 Å². The molecule has 2 aromatic carbocycles. The highest BCUT2D eigenvalue weighted by atomic mass is 16.5. The first-order chi connectivity index (χ1) is 14.3. The van der Waals surface area contributed by atoms with Gasteiger partial charge in [0.25, 0.3) is 5.91 Å². The van der Waals surface area contributed by atoms with E-state index < -0.39 is 0 Å². The predicted molar refractivity (Wildman–Crippen MR) is 106 cm³/mol. The van der Waals surface area contributed by atoms with Crippen LogP contribution in [0.3, 0.4) is 0 Å². The van der Waals surface area contributed by atoms with Crippen LogP contribution < -0.4 is 5.32 Å². The van der Waals surface area contributed by atoms with Crippen molar-refractivity contribution in [3.8, 4) is 5.69 Å². The number of amides is 1. The summed E-state index contributed by atoms with van der Waals surface area (Å²) in [5.41, 5.74) is 3.12. The zero-order chi connectivity index (χ0) is 19.9. The predicted octanol–water partition coefficient (Wildman–Crippen LogP) is 3.51. The molecule has 1 amide bonds. The molecule has 0 atom stereocenters. The molecule has 2 aromatic heterocycles. The standard InChI is InChI=1S/C22H20N4O3/c27-22(21-14-26(25-24-21)19-8-2-1-3-9-19)23-13-17-6-4-7-18(12-17)15-28-16-20-10-5-11-29-20/h1-12,14H,13,15-16H2,(H,23,27). The van der Waals surface area contributed by atoms with E-state index in [4.69, 9.17) is 9.15 Å². The maximum absolute atomic E-state index is 12.4. The number of nitrogens with zero attached hydrogens (tertiary/aromatic N) is 3. The Kier molecular flexibility index (Phi) is 5.78. The Bertz CT molecular complexity index is 1060. The number of benzene rings is 2. The quantitative estimate of drug-likeness (QED) is 0.499. The molecule has 7 nitrogen and oxygen atoms in total. The number of hydrogen-bond donors (Lipinski definition) is 1. The van der Waals surface area contributed by atoms with Crippen LogP contribution >= 0.6 is 0 Å². The summed E-state index contributed by atoms with van der Waals surface area (Å²) in [5.74, 6) is 0.517. The number of ether oxygens (including phenoxy) is 1. The van der Waals surface area contributed by atoms with Gasteiger partial charge in [-0.2, -0.15) is 0 Å². The van der Waals surface area contributed by atoms with Crippen LogP contribution in [0.15, 0.2) is 83.6 Å². The van der Waals surface area contributed by atoms with Gasteiger partial charge in [0.15, 0.2) is 5.69 Å². The van der Waals surface area contributed by atoms with Crippen molar-refractivity contribution in [1.29, 1.82) is 0 Å².